The van der Waals surface area contributed by atoms with Crippen LogP contribution in [-0.4, -0.2) is 59.2 Å². The van der Waals surface area contributed by atoms with Crippen LogP contribution in [-0.2, 0) is 4.79 Å². The molecule has 5 rings (SSSR count). The number of halogens is 1. The van der Waals surface area contributed by atoms with Crippen molar-refractivity contribution in [1.82, 2.24) is 20.1 Å². The third-order valence-electron chi connectivity index (χ3n) is 7.78. The van der Waals surface area contributed by atoms with Crippen LogP contribution in [0.1, 0.15) is 61.4 Å². The van der Waals surface area contributed by atoms with Gasteiger partial charge in [-0.3, -0.25) is 14.4 Å². The number of rotatable bonds is 13. The Hall–Kier alpha value is -3.99. The first-order valence-corrected chi connectivity index (χ1v) is 18.8. The Morgan fingerprint density at radius 3 is 2.49 bits per heavy atom. The molecule has 0 spiro atoms. The van der Waals surface area contributed by atoms with Gasteiger partial charge in [-0.25, -0.2) is 0 Å². The van der Waals surface area contributed by atoms with Crippen molar-refractivity contribution in [3.8, 4) is 11.4 Å². The molecule has 2 heterocycles. The second-order valence-corrected chi connectivity index (χ2v) is 15.9. The Bertz CT molecular complexity index is 1650. The van der Waals surface area contributed by atoms with E-state index in [-0.39, 0.29) is 12.3 Å². The number of nitrogens with one attached hydrogen (secondary N) is 2. The third-order valence-corrected chi connectivity index (χ3v) is 9.78. The zero-order valence-electron chi connectivity index (χ0n) is 26.3. The molecular weight excluding hydrogens is 604 g/mol. The van der Waals surface area contributed by atoms with Gasteiger partial charge in [-0.05, 0) is 93.9 Å². The normalized spacial score (nSPS) is 14.2. The summed E-state index contributed by atoms with van der Waals surface area (Å²) in [5, 5.41) is 16.8. The number of aromatic nitrogens is 3. The highest BCUT2D eigenvalue weighted by molar-refractivity contribution is 6.83. The number of hydrogen-bond acceptors (Lipinski definition) is 7. The molecule has 1 aromatic heterocycles. The van der Waals surface area contributed by atoms with E-state index in [4.69, 9.17) is 21.3 Å². The van der Waals surface area contributed by atoms with Crippen LogP contribution >= 0.6 is 11.6 Å². The van der Waals surface area contributed by atoms with Crippen LogP contribution in [0.2, 0.25) is 18.1 Å². The van der Waals surface area contributed by atoms with E-state index in [0.717, 1.165) is 70.8 Å². The molecule has 0 bridgehead atoms. The van der Waals surface area contributed by atoms with Crippen molar-refractivity contribution in [3.05, 3.63) is 94.5 Å². The van der Waals surface area contributed by atoms with Gasteiger partial charge in [-0.2, -0.15) is 0 Å². The minimum Gasteiger partial charge on any atom is -0.494 e. The summed E-state index contributed by atoms with van der Waals surface area (Å²) in [5.41, 5.74) is 4.46. The van der Waals surface area contributed by atoms with Gasteiger partial charge in [0.1, 0.15) is 17.6 Å². The van der Waals surface area contributed by atoms with Crippen molar-refractivity contribution >= 4 is 42.4 Å². The highest BCUT2D eigenvalue weighted by atomic mass is 35.5. The van der Waals surface area contributed by atoms with Crippen LogP contribution in [0, 0.1) is 6.92 Å². The van der Waals surface area contributed by atoms with Gasteiger partial charge in [-0.1, -0.05) is 35.9 Å². The molecule has 9 nitrogen and oxygen atoms in total. The van der Waals surface area contributed by atoms with Crippen molar-refractivity contribution in [2.75, 3.05) is 25.0 Å². The summed E-state index contributed by atoms with van der Waals surface area (Å²) in [6.07, 6.45) is 3.12. The number of amides is 1. The molecule has 45 heavy (non-hydrogen) atoms. The number of fused-ring (bicyclic) bond motifs is 3. The molecule has 0 fully saturated rings. The topological polar surface area (TPSA) is 114 Å². The monoisotopic (exact) mass is 644 g/mol. The lowest BCUT2D eigenvalue weighted by Crippen LogP contribution is -2.41. The highest BCUT2D eigenvalue weighted by Gasteiger charge is 2.30. The van der Waals surface area contributed by atoms with Crippen LogP contribution in [0.5, 0.6) is 5.75 Å². The first-order valence-electron chi connectivity index (χ1n) is 15.5. The second-order valence-electron chi connectivity index (χ2n) is 11.8. The van der Waals surface area contributed by atoms with Crippen molar-refractivity contribution in [1.29, 1.82) is 0 Å². The molecule has 236 valence electrons. The van der Waals surface area contributed by atoms with Gasteiger partial charge in [0.05, 0.1) is 24.4 Å². The van der Waals surface area contributed by atoms with Crippen molar-refractivity contribution < 1.29 is 14.3 Å². The number of hydrogen-bond donors (Lipinski definition) is 3. The largest absolute Gasteiger partial charge is 0.494 e. The molecule has 1 aliphatic heterocycles. The van der Waals surface area contributed by atoms with Crippen LogP contribution in [0.3, 0.4) is 0 Å². The first kappa shape index (κ1) is 32.4. The number of unbranched alkanes of at least 4 members (excludes halogenated alkanes) is 2. The summed E-state index contributed by atoms with van der Waals surface area (Å²) in [4.78, 5) is 28.1. The van der Waals surface area contributed by atoms with Crippen LogP contribution in [0.25, 0.3) is 5.69 Å². The molecule has 11 heteroatoms. The molecule has 1 aliphatic rings. The predicted molar refractivity (Wildman–Crippen MR) is 183 cm³/mol. The maximum absolute atomic E-state index is 12.7. The molecular formula is C34H41ClN6O3Si. The second kappa shape index (κ2) is 14.4. The molecule has 3 aromatic carbocycles. The standard InChI is InChI=1S/C34H41ClN6O3Si/c1-5-36-32(42)22-30-34-40-39-23(2)41(34)31-18-15-27(21-29(31)33(38-30)24-9-11-25(35)12-10-24)44-20-8-6-7-19-37-26-13-16-28(17-14-26)45(3,4)43/h9-18,21,30,37,43H,5-8,19-20,22H2,1-4H3,(H,36,42). The number of nitrogens with zero attached hydrogens (tertiary/aromatic N) is 4. The Morgan fingerprint density at radius 2 is 1.78 bits per heavy atom. The Balaban J connectivity index is 1.28. The predicted octanol–water partition coefficient (Wildman–Crippen LogP) is 5.71. The molecule has 0 saturated carbocycles. The quantitative estimate of drug-likeness (QED) is 0.127. The average molecular weight is 645 g/mol. The smallest absolute Gasteiger partial charge is 0.222 e. The van der Waals surface area contributed by atoms with E-state index in [2.05, 4.69) is 20.8 Å². The summed E-state index contributed by atoms with van der Waals surface area (Å²) >= 11 is 6.22. The number of aryl methyl sites for hydroxylation is 1. The average Bonchev–Trinajstić information content (AvgIpc) is 3.34. The summed E-state index contributed by atoms with van der Waals surface area (Å²) in [5.74, 6) is 2.00. The molecule has 0 radical (unpaired) electrons. The molecule has 0 saturated heterocycles. The van der Waals surface area contributed by atoms with Crippen molar-refractivity contribution in [2.45, 2.75) is 58.7 Å². The SMILES string of the molecule is CCNC(=O)CC1N=C(c2ccc(Cl)cc2)c2cc(OCCCCCNc3ccc([Si](C)(C)O)cc3)ccc2-n2c(C)nnc21. The highest BCUT2D eigenvalue weighted by Crippen LogP contribution is 2.34. The minimum atomic E-state index is -2.27. The van der Waals surface area contributed by atoms with Crippen LogP contribution in [0.4, 0.5) is 5.69 Å². The summed E-state index contributed by atoms with van der Waals surface area (Å²) in [7, 11) is -2.27. The van der Waals surface area contributed by atoms with Gasteiger partial charge in [0.25, 0.3) is 0 Å². The fraction of sp³-hybridized carbons (Fsp3) is 0.353. The zero-order chi connectivity index (χ0) is 32.0. The van der Waals surface area contributed by atoms with E-state index in [1.807, 2.05) is 98.2 Å². The maximum atomic E-state index is 12.7. The van der Waals surface area contributed by atoms with Crippen molar-refractivity contribution in [3.63, 3.8) is 0 Å². The van der Waals surface area contributed by atoms with E-state index < -0.39 is 14.4 Å². The summed E-state index contributed by atoms with van der Waals surface area (Å²) < 4.78 is 8.22. The lowest BCUT2D eigenvalue weighted by Gasteiger charge is -2.15. The number of anilines is 1. The van der Waals surface area contributed by atoms with E-state index in [9.17, 15) is 9.59 Å². The summed E-state index contributed by atoms with van der Waals surface area (Å²) in [6.45, 7) is 9.66. The number of carbonyl (C=O) groups excluding carboxylic acids is 1. The van der Waals surface area contributed by atoms with Gasteiger partial charge in [-0.15, -0.1) is 10.2 Å². The maximum Gasteiger partial charge on any atom is 0.222 e. The van der Waals surface area contributed by atoms with E-state index in [1.54, 1.807) is 0 Å². The van der Waals surface area contributed by atoms with Crippen LogP contribution < -0.4 is 20.6 Å². The van der Waals surface area contributed by atoms with Gasteiger partial charge in [0.15, 0.2) is 5.82 Å². The van der Waals surface area contributed by atoms with E-state index in [0.29, 0.717) is 24.0 Å². The van der Waals surface area contributed by atoms with E-state index in [1.165, 1.54) is 0 Å². The molecule has 1 amide bonds. The van der Waals surface area contributed by atoms with E-state index >= 15 is 0 Å². The molecule has 1 atom stereocenters. The van der Waals surface area contributed by atoms with Crippen molar-refractivity contribution in [2.24, 2.45) is 4.99 Å². The van der Waals surface area contributed by atoms with Gasteiger partial charge in [0.2, 0.25) is 14.2 Å². The van der Waals surface area contributed by atoms with Gasteiger partial charge >= 0.3 is 0 Å². The Kier molecular flexibility index (Phi) is 10.4. The Morgan fingerprint density at radius 1 is 1.02 bits per heavy atom. The minimum absolute atomic E-state index is 0.0933. The number of benzene rings is 3. The lowest BCUT2D eigenvalue weighted by atomic mass is 10.00. The fourth-order valence-corrected chi connectivity index (χ4v) is 6.52. The number of aliphatic imine (C=N–C) groups is 1. The number of carbonyl (C=O) groups is 1. The Labute approximate surface area is 270 Å². The molecule has 4 aromatic rings. The molecule has 3 N–H and O–H groups in total. The zero-order valence-corrected chi connectivity index (χ0v) is 28.1. The number of ether oxygens (including phenoxy) is 1. The van der Waals surface area contributed by atoms with Gasteiger partial charge < -0.3 is 20.2 Å². The fourth-order valence-electron chi connectivity index (χ4n) is 5.41. The van der Waals surface area contributed by atoms with Crippen LogP contribution in [0.15, 0.2) is 71.7 Å². The summed E-state index contributed by atoms with van der Waals surface area (Å²) in [6, 6.07) is 21.2. The molecule has 1 unspecified atom stereocenters. The molecule has 0 aliphatic carbocycles. The van der Waals surface area contributed by atoms with Gasteiger partial charge in [0, 0.05) is 34.9 Å². The first-order chi connectivity index (χ1) is 21.6. The third kappa shape index (κ3) is 8.00. The lowest BCUT2D eigenvalue weighted by molar-refractivity contribution is -0.121.